The van der Waals surface area contributed by atoms with Crippen LogP contribution in [0, 0.1) is 11.8 Å². The number of nitrogens with zero attached hydrogens (tertiary/aromatic N) is 3. The zero-order valence-corrected chi connectivity index (χ0v) is 21.1. The van der Waals surface area contributed by atoms with Crippen molar-refractivity contribution < 1.29 is 19.1 Å². The summed E-state index contributed by atoms with van der Waals surface area (Å²) in [6.45, 7) is 6.64. The summed E-state index contributed by atoms with van der Waals surface area (Å²) in [6, 6.07) is -0.680. The summed E-state index contributed by atoms with van der Waals surface area (Å²) in [6.07, 6.45) is 8.30. The molecule has 2 aromatic heterocycles. The van der Waals surface area contributed by atoms with Crippen LogP contribution < -0.4 is 17.0 Å². The molecule has 0 saturated carbocycles. The Balaban J connectivity index is 2.00. The molecule has 0 saturated heterocycles. The number of fused-ring (bicyclic) bond motifs is 1. The number of unbranched alkanes of at least 4 members (excludes halogenated alkanes) is 4. The molecule has 11 heteroatoms. The van der Waals surface area contributed by atoms with E-state index in [2.05, 4.69) is 21.9 Å². The second-order valence-corrected chi connectivity index (χ2v) is 9.10. The van der Waals surface area contributed by atoms with E-state index in [1.807, 2.05) is 13.8 Å². The second kappa shape index (κ2) is 14.4. The number of ether oxygens (including phenoxy) is 2. The van der Waals surface area contributed by atoms with Crippen LogP contribution in [0.3, 0.4) is 0 Å². The number of carbonyl (C=O) groups is 2. The summed E-state index contributed by atoms with van der Waals surface area (Å²) >= 11 is 0. The van der Waals surface area contributed by atoms with Gasteiger partial charge in [-0.1, -0.05) is 52.9 Å². The number of anilines is 1. The number of hydrogen-bond acceptors (Lipinski definition) is 9. The van der Waals surface area contributed by atoms with Gasteiger partial charge in [0.2, 0.25) is 5.95 Å². The Hall–Kier alpha value is -2.95. The topological polar surface area (TPSA) is 168 Å². The Morgan fingerprint density at radius 2 is 1.91 bits per heavy atom. The van der Waals surface area contributed by atoms with Gasteiger partial charge in [-0.2, -0.15) is 4.98 Å². The molecule has 11 nitrogen and oxygen atoms in total. The largest absolute Gasteiger partial charge is 0.465 e. The average molecular weight is 493 g/mol. The molecule has 0 aliphatic carbocycles. The van der Waals surface area contributed by atoms with Gasteiger partial charge in [0.1, 0.15) is 6.04 Å². The fourth-order valence-corrected chi connectivity index (χ4v) is 3.67. The van der Waals surface area contributed by atoms with Crippen molar-refractivity contribution in [2.45, 2.75) is 84.7 Å². The third-order valence-electron chi connectivity index (χ3n) is 6.21. The molecule has 5 N–H and O–H groups in total. The summed E-state index contributed by atoms with van der Waals surface area (Å²) in [4.78, 5) is 47.3. The van der Waals surface area contributed by atoms with E-state index in [4.69, 9.17) is 20.9 Å². The molecule has 0 fully saturated rings. The first-order chi connectivity index (χ1) is 16.8. The van der Waals surface area contributed by atoms with Crippen LogP contribution in [0.5, 0.6) is 0 Å². The Labute approximate surface area is 206 Å². The van der Waals surface area contributed by atoms with Crippen LogP contribution in [0.4, 0.5) is 5.95 Å². The first kappa shape index (κ1) is 28.3. The van der Waals surface area contributed by atoms with Crippen LogP contribution in [0.2, 0.25) is 0 Å². The van der Waals surface area contributed by atoms with E-state index in [-0.39, 0.29) is 42.5 Å². The molecule has 0 spiro atoms. The highest BCUT2D eigenvalue weighted by Crippen LogP contribution is 2.15. The standard InChI is InChI=1S/C24H40N6O5/c1-4-6-7-8-9-10-18(31)35-14-17(11-12-34-23(33)19(25)16(3)5-2)13-30-15-27-20-21(30)28-24(26)29-22(20)32/h15-17,19H,4-14,25H2,1-3H3,(H3,26,28,29,32)/t16?,17-,19+/m1/s1. The van der Waals surface area contributed by atoms with Gasteiger partial charge in [0, 0.05) is 18.9 Å². The molecule has 0 radical (unpaired) electrons. The number of imidazole rings is 1. The monoisotopic (exact) mass is 492 g/mol. The number of aromatic nitrogens is 4. The smallest absolute Gasteiger partial charge is 0.323 e. The van der Waals surface area contributed by atoms with Crippen LogP contribution in [0.1, 0.15) is 72.1 Å². The predicted octanol–water partition coefficient (Wildman–Crippen LogP) is 2.53. The molecule has 2 aromatic rings. The molecule has 0 aromatic carbocycles. The Kier molecular flexibility index (Phi) is 11.7. The van der Waals surface area contributed by atoms with E-state index in [1.54, 1.807) is 4.57 Å². The van der Waals surface area contributed by atoms with Crippen molar-refractivity contribution in [1.29, 1.82) is 0 Å². The van der Waals surface area contributed by atoms with Crippen molar-refractivity contribution >= 4 is 29.1 Å². The van der Waals surface area contributed by atoms with Crippen LogP contribution in [0.25, 0.3) is 11.2 Å². The molecule has 1 unspecified atom stereocenters. The van der Waals surface area contributed by atoms with E-state index in [0.29, 0.717) is 25.0 Å². The lowest BCUT2D eigenvalue weighted by Gasteiger charge is -2.20. The van der Waals surface area contributed by atoms with Crippen molar-refractivity contribution in [3.63, 3.8) is 0 Å². The van der Waals surface area contributed by atoms with Crippen molar-refractivity contribution in [1.82, 2.24) is 19.5 Å². The van der Waals surface area contributed by atoms with Gasteiger partial charge in [-0.05, 0) is 18.8 Å². The fraction of sp³-hybridized carbons (Fsp3) is 0.708. The van der Waals surface area contributed by atoms with Crippen LogP contribution in [-0.2, 0) is 25.6 Å². The molecule has 0 aliphatic heterocycles. The van der Waals surface area contributed by atoms with Gasteiger partial charge in [0.25, 0.3) is 5.56 Å². The molecular weight excluding hydrogens is 452 g/mol. The summed E-state index contributed by atoms with van der Waals surface area (Å²) < 4.78 is 12.6. The number of carbonyl (C=O) groups excluding carboxylic acids is 2. The normalized spacial score (nSPS) is 13.9. The molecule has 0 bridgehead atoms. The maximum Gasteiger partial charge on any atom is 0.323 e. The molecule has 2 heterocycles. The average Bonchev–Trinajstić information content (AvgIpc) is 3.23. The minimum Gasteiger partial charge on any atom is -0.465 e. The number of hydrogen-bond donors (Lipinski definition) is 3. The van der Waals surface area contributed by atoms with Crippen molar-refractivity contribution in [3.05, 3.63) is 16.7 Å². The van der Waals surface area contributed by atoms with Gasteiger partial charge in [0.15, 0.2) is 11.2 Å². The first-order valence-corrected chi connectivity index (χ1v) is 12.5. The SMILES string of the molecule is CCCCCCCC(=O)OC[C@H](CCOC(=O)[C@@H](N)C(C)CC)Cn1cnc2c(=O)[nH]c(N)nc21. The van der Waals surface area contributed by atoms with Crippen molar-refractivity contribution in [2.75, 3.05) is 18.9 Å². The number of H-pyrrole nitrogens is 1. The van der Waals surface area contributed by atoms with E-state index < -0.39 is 17.6 Å². The summed E-state index contributed by atoms with van der Waals surface area (Å²) in [5.74, 6) is -0.897. The summed E-state index contributed by atoms with van der Waals surface area (Å²) in [7, 11) is 0. The van der Waals surface area contributed by atoms with E-state index in [1.165, 1.54) is 6.33 Å². The Morgan fingerprint density at radius 1 is 1.17 bits per heavy atom. The molecule has 0 amide bonds. The van der Waals surface area contributed by atoms with Crippen LogP contribution in [0.15, 0.2) is 11.1 Å². The highest BCUT2D eigenvalue weighted by atomic mass is 16.5. The molecule has 3 atom stereocenters. The summed E-state index contributed by atoms with van der Waals surface area (Å²) in [5, 5.41) is 0. The fourth-order valence-electron chi connectivity index (χ4n) is 3.67. The van der Waals surface area contributed by atoms with Gasteiger partial charge in [-0.15, -0.1) is 0 Å². The van der Waals surface area contributed by atoms with E-state index in [9.17, 15) is 14.4 Å². The second-order valence-electron chi connectivity index (χ2n) is 9.10. The lowest BCUT2D eigenvalue weighted by Crippen LogP contribution is -2.38. The maximum atomic E-state index is 12.2. The lowest BCUT2D eigenvalue weighted by molar-refractivity contribution is -0.149. The zero-order chi connectivity index (χ0) is 25.8. The Morgan fingerprint density at radius 3 is 2.63 bits per heavy atom. The molecule has 2 rings (SSSR count). The van der Waals surface area contributed by atoms with E-state index in [0.717, 1.165) is 38.5 Å². The third-order valence-corrected chi connectivity index (χ3v) is 6.21. The molecular formula is C24H40N6O5. The molecule has 35 heavy (non-hydrogen) atoms. The predicted molar refractivity (Wildman–Crippen MR) is 133 cm³/mol. The number of nitrogens with one attached hydrogen (secondary N) is 1. The highest BCUT2D eigenvalue weighted by Gasteiger charge is 2.22. The van der Waals surface area contributed by atoms with Crippen molar-refractivity contribution in [3.8, 4) is 0 Å². The molecule has 0 aliphatic rings. The Bertz CT molecular complexity index is 1000. The van der Waals surface area contributed by atoms with E-state index >= 15 is 0 Å². The minimum absolute atomic E-state index is 0.0109. The van der Waals surface area contributed by atoms with Gasteiger partial charge in [-0.3, -0.25) is 19.4 Å². The summed E-state index contributed by atoms with van der Waals surface area (Å²) in [5.41, 5.74) is 11.7. The van der Waals surface area contributed by atoms with Gasteiger partial charge in [-0.25, -0.2) is 4.98 Å². The zero-order valence-electron chi connectivity index (χ0n) is 21.1. The number of rotatable bonds is 16. The van der Waals surface area contributed by atoms with Crippen molar-refractivity contribution in [2.24, 2.45) is 17.6 Å². The quantitative estimate of drug-likeness (QED) is 0.235. The van der Waals surface area contributed by atoms with Crippen LogP contribution in [-0.4, -0.2) is 50.7 Å². The van der Waals surface area contributed by atoms with Crippen LogP contribution >= 0.6 is 0 Å². The van der Waals surface area contributed by atoms with Gasteiger partial charge < -0.3 is 25.5 Å². The third kappa shape index (κ3) is 8.97. The minimum atomic E-state index is -0.680. The van der Waals surface area contributed by atoms with Gasteiger partial charge in [0.05, 0.1) is 19.5 Å². The lowest BCUT2D eigenvalue weighted by atomic mass is 10.0. The number of aromatic amines is 1. The van der Waals surface area contributed by atoms with Gasteiger partial charge >= 0.3 is 11.9 Å². The molecule has 196 valence electrons. The highest BCUT2D eigenvalue weighted by molar-refractivity contribution is 5.75. The number of nitrogen functional groups attached to an aromatic ring is 1. The maximum absolute atomic E-state index is 12.2. The number of nitrogens with two attached hydrogens (primary N) is 2. The number of esters is 2. The first-order valence-electron chi connectivity index (χ1n) is 12.5.